The molecule has 4 N–H and O–H groups in total. The van der Waals surface area contributed by atoms with E-state index in [0.29, 0.717) is 11.1 Å². The number of ether oxygens (including phenoxy) is 1. The zero-order chi connectivity index (χ0) is 22.8. The van der Waals surface area contributed by atoms with Crippen LogP contribution in [0.3, 0.4) is 0 Å². The highest BCUT2D eigenvalue weighted by atomic mass is 16.5. The number of benzene rings is 2. The van der Waals surface area contributed by atoms with Gasteiger partial charge in [-0.05, 0) is 23.1 Å². The number of carbonyl (C=O) groups is 3. The minimum atomic E-state index is -1.04. The van der Waals surface area contributed by atoms with Gasteiger partial charge in [0.05, 0.1) is 11.6 Å². The Morgan fingerprint density at radius 2 is 1.68 bits per heavy atom. The number of amides is 3. The summed E-state index contributed by atoms with van der Waals surface area (Å²) in [5.74, 6) is -1.58. The van der Waals surface area contributed by atoms with Crippen LogP contribution in [-0.4, -0.2) is 30.0 Å². The van der Waals surface area contributed by atoms with Gasteiger partial charge < -0.3 is 21.1 Å². The van der Waals surface area contributed by atoms with Crippen molar-refractivity contribution in [3.05, 3.63) is 71.3 Å². The fourth-order valence-corrected chi connectivity index (χ4v) is 2.94. The lowest BCUT2D eigenvalue weighted by atomic mass is 9.99. The van der Waals surface area contributed by atoms with Crippen LogP contribution >= 0.6 is 0 Å². The lowest BCUT2D eigenvalue weighted by Gasteiger charge is -2.24. The van der Waals surface area contributed by atoms with Gasteiger partial charge in [0, 0.05) is 6.42 Å². The van der Waals surface area contributed by atoms with Gasteiger partial charge >= 0.3 is 6.09 Å². The molecular formula is C23H26N4O4. The van der Waals surface area contributed by atoms with Crippen LogP contribution in [0.4, 0.5) is 4.79 Å². The number of alkyl carbamates (subject to hydrolysis) is 1. The van der Waals surface area contributed by atoms with Crippen LogP contribution in [0.1, 0.15) is 30.5 Å². The standard InChI is InChI=1S/C23H26N4O4/c1-15(2)20(27-23(30)31-14-16-8-4-3-5-9-16)22(29)26-19(21(25)28)12-17-10-6-7-11-18(17)13-24/h3-11,15,19-20H,12,14H2,1-2H3,(H2,25,28)(H,26,29)(H,27,30)/t19-,20+/m1/s1. The van der Waals surface area contributed by atoms with E-state index in [4.69, 9.17) is 10.5 Å². The van der Waals surface area contributed by atoms with Crippen molar-refractivity contribution in [2.24, 2.45) is 11.7 Å². The molecule has 0 bridgehead atoms. The van der Waals surface area contributed by atoms with Crippen LogP contribution in [0.15, 0.2) is 54.6 Å². The van der Waals surface area contributed by atoms with E-state index in [1.807, 2.05) is 36.4 Å². The molecule has 0 saturated heterocycles. The van der Waals surface area contributed by atoms with E-state index >= 15 is 0 Å². The molecule has 162 valence electrons. The highest BCUT2D eigenvalue weighted by molar-refractivity contribution is 5.91. The monoisotopic (exact) mass is 422 g/mol. The fourth-order valence-electron chi connectivity index (χ4n) is 2.94. The third-order valence-electron chi connectivity index (χ3n) is 4.66. The zero-order valence-corrected chi connectivity index (χ0v) is 17.5. The van der Waals surface area contributed by atoms with Gasteiger partial charge in [-0.3, -0.25) is 9.59 Å². The highest BCUT2D eigenvalue weighted by Gasteiger charge is 2.29. The molecule has 0 radical (unpaired) electrons. The summed E-state index contributed by atoms with van der Waals surface area (Å²) in [7, 11) is 0. The molecule has 2 aromatic rings. The Labute approximate surface area is 181 Å². The molecule has 0 aliphatic heterocycles. The summed E-state index contributed by atoms with van der Waals surface area (Å²) in [5, 5.41) is 14.4. The van der Waals surface area contributed by atoms with Gasteiger partial charge in [-0.2, -0.15) is 5.26 Å². The Kier molecular flexibility index (Phi) is 8.58. The van der Waals surface area contributed by atoms with Crippen molar-refractivity contribution < 1.29 is 19.1 Å². The molecule has 8 heteroatoms. The minimum absolute atomic E-state index is 0.0635. The van der Waals surface area contributed by atoms with Crippen molar-refractivity contribution in [3.63, 3.8) is 0 Å². The van der Waals surface area contributed by atoms with Crippen LogP contribution in [-0.2, 0) is 27.4 Å². The predicted octanol–water partition coefficient (Wildman–Crippen LogP) is 2.02. The maximum Gasteiger partial charge on any atom is 0.408 e. The second-order valence-electron chi connectivity index (χ2n) is 7.36. The van der Waals surface area contributed by atoms with Crippen molar-refractivity contribution in [1.29, 1.82) is 5.26 Å². The minimum Gasteiger partial charge on any atom is -0.445 e. The topological polar surface area (TPSA) is 134 Å². The molecule has 3 amide bonds. The molecule has 0 fully saturated rings. The molecule has 0 aromatic heterocycles. The highest BCUT2D eigenvalue weighted by Crippen LogP contribution is 2.11. The van der Waals surface area contributed by atoms with E-state index < -0.39 is 30.0 Å². The van der Waals surface area contributed by atoms with E-state index in [9.17, 15) is 19.6 Å². The number of carbonyl (C=O) groups excluding carboxylic acids is 3. The molecule has 2 atom stereocenters. The number of primary amides is 1. The molecule has 2 aromatic carbocycles. The number of hydrogen-bond acceptors (Lipinski definition) is 5. The molecule has 0 saturated carbocycles. The SMILES string of the molecule is CC(C)[C@H](NC(=O)OCc1ccccc1)C(=O)N[C@H](Cc1ccccc1C#N)C(N)=O. The van der Waals surface area contributed by atoms with E-state index in [2.05, 4.69) is 10.6 Å². The van der Waals surface area contributed by atoms with Crippen LogP contribution in [0.25, 0.3) is 0 Å². The Morgan fingerprint density at radius 1 is 1.03 bits per heavy atom. The molecular weight excluding hydrogens is 396 g/mol. The van der Waals surface area contributed by atoms with Gasteiger partial charge in [-0.15, -0.1) is 0 Å². The molecule has 0 heterocycles. The number of nitriles is 1. The summed E-state index contributed by atoms with van der Waals surface area (Å²) in [6.07, 6.45) is -0.684. The third-order valence-corrected chi connectivity index (χ3v) is 4.66. The second kappa shape index (κ2) is 11.4. The average Bonchev–Trinajstić information content (AvgIpc) is 2.76. The number of nitrogens with two attached hydrogens (primary N) is 1. The van der Waals surface area contributed by atoms with Gasteiger partial charge in [0.25, 0.3) is 0 Å². The number of rotatable bonds is 9. The Balaban J connectivity index is 2.02. The number of nitrogens with one attached hydrogen (secondary N) is 2. The normalized spacial score (nSPS) is 12.3. The van der Waals surface area contributed by atoms with E-state index in [1.54, 1.807) is 38.1 Å². The number of nitrogens with zero attached hydrogens (tertiary/aromatic N) is 1. The van der Waals surface area contributed by atoms with Gasteiger partial charge in [0.1, 0.15) is 18.7 Å². The molecule has 0 spiro atoms. The maximum atomic E-state index is 12.8. The smallest absolute Gasteiger partial charge is 0.408 e. The van der Waals surface area contributed by atoms with E-state index in [-0.39, 0.29) is 18.9 Å². The first-order valence-electron chi connectivity index (χ1n) is 9.86. The molecule has 0 aliphatic rings. The molecule has 8 nitrogen and oxygen atoms in total. The van der Waals surface area contributed by atoms with Gasteiger partial charge in [0.15, 0.2) is 0 Å². The van der Waals surface area contributed by atoms with Crippen LogP contribution < -0.4 is 16.4 Å². The van der Waals surface area contributed by atoms with Crippen molar-refractivity contribution in [1.82, 2.24) is 10.6 Å². The lowest BCUT2D eigenvalue weighted by molar-refractivity contribution is -0.129. The van der Waals surface area contributed by atoms with Gasteiger partial charge in [-0.1, -0.05) is 62.4 Å². The largest absolute Gasteiger partial charge is 0.445 e. The number of hydrogen-bond donors (Lipinski definition) is 3. The lowest BCUT2D eigenvalue weighted by Crippen LogP contribution is -2.55. The first-order chi connectivity index (χ1) is 14.8. The summed E-state index contributed by atoms with van der Waals surface area (Å²) < 4.78 is 5.18. The average molecular weight is 422 g/mol. The maximum absolute atomic E-state index is 12.8. The van der Waals surface area contributed by atoms with Crippen LogP contribution in [0, 0.1) is 17.2 Å². The first-order valence-corrected chi connectivity index (χ1v) is 9.86. The predicted molar refractivity (Wildman–Crippen MR) is 114 cm³/mol. The third kappa shape index (κ3) is 7.16. The summed E-state index contributed by atoms with van der Waals surface area (Å²) in [6, 6.07) is 16.0. The van der Waals surface area contributed by atoms with Crippen LogP contribution in [0.2, 0.25) is 0 Å². The van der Waals surface area contributed by atoms with E-state index in [0.717, 1.165) is 5.56 Å². The summed E-state index contributed by atoms with van der Waals surface area (Å²) in [4.78, 5) is 36.9. The Morgan fingerprint density at radius 3 is 2.29 bits per heavy atom. The quantitative estimate of drug-likeness (QED) is 0.568. The van der Waals surface area contributed by atoms with E-state index in [1.165, 1.54) is 0 Å². The zero-order valence-electron chi connectivity index (χ0n) is 17.5. The summed E-state index contributed by atoms with van der Waals surface area (Å²) in [5.41, 5.74) is 7.26. The fraction of sp³-hybridized carbons (Fsp3) is 0.304. The van der Waals surface area contributed by atoms with Crippen molar-refractivity contribution in [2.75, 3.05) is 0 Å². The Bertz CT molecular complexity index is 954. The van der Waals surface area contributed by atoms with Crippen molar-refractivity contribution in [2.45, 2.75) is 39.0 Å². The molecule has 31 heavy (non-hydrogen) atoms. The molecule has 2 rings (SSSR count). The van der Waals surface area contributed by atoms with Gasteiger partial charge in [0.2, 0.25) is 11.8 Å². The Hall–Kier alpha value is -3.86. The first kappa shape index (κ1) is 23.4. The van der Waals surface area contributed by atoms with Crippen molar-refractivity contribution in [3.8, 4) is 6.07 Å². The van der Waals surface area contributed by atoms with Gasteiger partial charge in [-0.25, -0.2) is 4.79 Å². The van der Waals surface area contributed by atoms with Crippen LogP contribution in [0.5, 0.6) is 0 Å². The summed E-state index contributed by atoms with van der Waals surface area (Å²) in [6.45, 7) is 3.58. The van der Waals surface area contributed by atoms with Crippen molar-refractivity contribution >= 4 is 17.9 Å². The second-order valence-corrected chi connectivity index (χ2v) is 7.36. The summed E-state index contributed by atoms with van der Waals surface area (Å²) >= 11 is 0. The molecule has 0 aliphatic carbocycles. The molecule has 0 unspecified atom stereocenters.